The molecule has 4 nitrogen and oxygen atoms in total. The van der Waals surface area contributed by atoms with Gasteiger partial charge in [0.1, 0.15) is 5.41 Å². The van der Waals surface area contributed by atoms with Crippen molar-refractivity contribution in [3.63, 3.8) is 0 Å². The van der Waals surface area contributed by atoms with E-state index in [-0.39, 0.29) is 11.8 Å². The first-order valence-electron chi connectivity index (χ1n) is 8.37. The second-order valence-electron chi connectivity index (χ2n) is 6.82. The maximum atomic E-state index is 12.6. The fourth-order valence-corrected chi connectivity index (χ4v) is 2.55. The molecule has 2 N–H and O–H groups in total. The summed E-state index contributed by atoms with van der Waals surface area (Å²) in [6.45, 7) is 12.0. The average molecular weight is 318 g/mol. The minimum absolute atomic E-state index is 0.228. The zero-order valence-corrected chi connectivity index (χ0v) is 15.3. The highest BCUT2D eigenvalue weighted by atomic mass is 16.2. The minimum atomic E-state index is -1.10. The summed E-state index contributed by atoms with van der Waals surface area (Å²) in [7, 11) is 0. The summed E-state index contributed by atoms with van der Waals surface area (Å²) in [6, 6.07) is 4.06. The molecule has 0 unspecified atom stereocenters. The van der Waals surface area contributed by atoms with E-state index in [1.165, 1.54) is 0 Å². The van der Waals surface area contributed by atoms with Gasteiger partial charge in [0.2, 0.25) is 11.8 Å². The number of amides is 2. The van der Waals surface area contributed by atoms with Crippen LogP contribution in [0.4, 0.5) is 5.69 Å². The molecule has 0 radical (unpaired) electrons. The number of carbonyl (C=O) groups is 2. The lowest BCUT2D eigenvalue weighted by molar-refractivity contribution is -0.138. The maximum Gasteiger partial charge on any atom is 0.239 e. The number of carbonyl (C=O) groups excluding carboxylic acids is 2. The minimum Gasteiger partial charge on any atom is -0.355 e. The van der Waals surface area contributed by atoms with E-state index in [9.17, 15) is 9.59 Å². The smallest absolute Gasteiger partial charge is 0.239 e. The van der Waals surface area contributed by atoms with Crippen LogP contribution in [0.5, 0.6) is 0 Å². The van der Waals surface area contributed by atoms with Crippen LogP contribution in [0.2, 0.25) is 0 Å². The first-order chi connectivity index (χ1) is 10.7. The van der Waals surface area contributed by atoms with Gasteiger partial charge in [0, 0.05) is 12.2 Å². The maximum absolute atomic E-state index is 12.6. The molecule has 0 aromatic heterocycles. The summed E-state index contributed by atoms with van der Waals surface area (Å²) < 4.78 is 0. The molecule has 0 aliphatic rings. The van der Waals surface area contributed by atoms with Crippen LogP contribution >= 0.6 is 0 Å². The van der Waals surface area contributed by atoms with Crippen LogP contribution in [0.3, 0.4) is 0 Å². The van der Waals surface area contributed by atoms with Gasteiger partial charge in [-0.15, -0.1) is 0 Å². The van der Waals surface area contributed by atoms with Crippen molar-refractivity contribution >= 4 is 17.5 Å². The molecular formula is C19H30N2O2. The molecule has 0 bridgehead atoms. The lowest BCUT2D eigenvalue weighted by atomic mass is 9.90. The van der Waals surface area contributed by atoms with Crippen molar-refractivity contribution in [2.75, 3.05) is 11.9 Å². The van der Waals surface area contributed by atoms with Gasteiger partial charge in [-0.25, -0.2) is 0 Å². The Labute approximate surface area is 140 Å². The Morgan fingerprint density at radius 2 is 1.57 bits per heavy atom. The zero-order chi connectivity index (χ0) is 17.6. The third-order valence-corrected chi connectivity index (χ3v) is 4.12. The van der Waals surface area contributed by atoms with Crippen LogP contribution in [0.25, 0.3) is 0 Å². The Morgan fingerprint density at radius 1 is 1.00 bits per heavy atom. The molecule has 4 heteroatoms. The van der Waals surface area contributed by atoms with E-state index in [0.29, 0.717) is 6.54 Å². The first kappa shape index (κ1) is 19.2. The van der Waals surface area contributed by atoms with Crippen LogP contribution in [0.1, 0.15) is 56.7 Å². The van der Waals surface area contributed by atoms with Crippen molar-refractivity contribution < 1.29 is 9.59 Å². The van der Waals surface area contributed by atoms with Crippen molar-refractivity contribution in [2.45, 2.75) is 60.8 Å². The summed E-state index contributed by atoms with van der Waals surface area (Å²) in [6.07, 6.45) is 3.12. The van der Waals surface area contributed by atoms with Crippen LogP contribution in [-0.2, 0) is 9.59 Å². The molecule has 0 fully saturated rings. The highest BCUT2D eigenvalue weighted by Crippen LogP contribution is 2.25. The van der Waals surface area contributed by atoms with Crippen LogP contribution < -0.4 is 10.6 Å². The van der Waals surface area contributed by atoms with E-state index >= 15 is 0 Å². The molecule has 1 aromatic rings. The van der Waals surface area contributed by atoms with Crippen molar-refractivity contribution in [3.8, 4) is 0 Å². The molecule has 0 spiro atoms. The quantitative estimate of drug-likeness (QED) is 0.592. The molecular weight excluding hydrogens is 288 g/mol. The van der Waals surface area contributed by atoms with Gasteiger partial charge in [0.25, 0.3) is 0 Å². The van der Waals surface area contributed by atoms with E-state index in [1.807, 2.05) is 32.9 Å². The lowest BCUT2D eigenvalue weighted by Crippen LogP contribution is -2.45. The third-order valence-electron chi connectivity index (χ3n) is 4.12. The normalized spacial score (nSPS) is 11.2. The number of hydrogen-bond acceptors (Lipinski definition) is 2. The Hall–Kier alpha value is -1.84. The fourth-order valence-electron chi connectivity index (χ4n) is 2.55. The number of rotatable bonds is 7. The van der Waals surface area contributed by atoms with Crippen LogP contribution in [-0.4, -0.2) is 18.4 Å². The average Bonchev–Trinajstić information content (AvgIpc) is 2.46. The molecule has 23 heavy (non-hydrogen) atoms. The Bertz CT molecular complexity index is 554. The predicted octanol–water partition coefficient (Wildman–Crippen LogP) is 3.88. The number of aryl methyl sites for hydroxylation is 3. The van der Waals surface area contributed by atoms with E-state index in [1.54, 1.807) is 13.8 Å². The Balaban J connectivity index is 2.77. The van der Waals surface area contributed by atoms with E-state index in [2.05, 4.69) is 17.6 Å². The monoisotopic (exact) mass is 318 g/mol. The van der Waals surface area contributed by atoms with Gasteiger partial charge in [-0.2, -0.15) is 0 Å². The largest absolute Gasteiger partial charge is 0.355 e. The second kappa shape index (κ2) is 8.14. The summed E-state index contributed by atoms with van der Waals surface area (Å²) in [4.78, 5) is 24.9. The predicted molar refractivity (Wildman–Crippen MR) is 95.6 cm³/mol. The number of unbranched alkanes of at least 4 members (excludes halogenated alkanes) is 2. The van der Waals surface area contributed by atoms with Gasteiger partial charge in [0.15, 0.2) is 0 Å². The second-order valence-corrected chi connectivity index (χ2v) is 6.82. The molecule has 0 heterocycles. The highest BCUT2D eigenvalue weighted by molar-refractivity contribution is 6.10. The van der Waals surface area contributed by atoms with Gasteiger partial charge in [0.05, 0.1) is 0 Å². The van der Waals surface area contributed by atoms with Gasteiger partial charge in [-0.05, 0) is 52.2 Å². The lowest BCUT2D eigenvalue weighted by Gasteiger charge is -2.24. The number of benzene rings is 1. The zero-order valence-electron chi connectivity index (χ0n) is 15.3. The van der Waals surface area contributed by atoms with Gasteiger partial charge in [-0.1, -0.05) is 37.5 Å². The molecule has 0 atom stereocenters. The summed E-state index contributed by atoms with van der Waals surface area (Å²) in [5.41, 5.74) is 2.87. The van der Waals surface area contributed by atoms with Gasteiger partial charge in [-0.3, -0.25) is 9.59 Å². The van der Waals surface area contributed by atoms with Crippen molar-refractivity contribution in [1.29, 1.82) is 0 Å². The standard InChI is InChI=1S/C19H30N2O2/c1-7-8-9-10-20-17(22)19(5,6)18(23)21-16-14(3)11-13(2)12-15(16)4/h11-12H,7-10H2,1-6H3,(H,20,22)(H,21,23). The number of anilines is 1. The van der Waals surface area contributed by atoms with Crippen molar-refractivity contribution in [2.24, 2.45) is 5.41 Å². The third kappa shape index (κ3) is 5.08. The Kier molecular flexibility index (Phi) is 6.79. The molecule has 0 saturated heterocycles. The molecule has 0 saturated carbocycles. The van der Waals surface area contributed by atoms with Gasteiger partial charge < -0.3 is 10.6 Å². The molecule has 2 amide bonds. The fraction of sp³-hybridized carbons (Fsp3) is 0.579. The highest BCUT2D eigenvalue weighted by Gasteiger charge is 2.36. The van der Waals surface area contributed by atoms with E-state index < -0.39 is 5.41 Å². The topological polar surface area (TPSA) is 58.2 Å². The summed E-state index contributed by atoms with van der Waals surface area (Å²) >= 11 is 0. The Morgan fingerprint density at radius 3 is 2.09 bits per heavy atom. The van der Waals surface area contributed by atoms with Crippen molar-refractivity contribution in [3.05, 3.63) is 28.8 Å². The van der Waals surface area contributed by atoms with Crippen molar-refractivity contribution in [1.82, 2.24) is 5.32 Å². The molecule has 1 aromatic carbocycles. The number of hydrogen-bond donors (Lipinski definition) is 2. The molecule has 1 rings (SSSR count). The molecule has 128 valence electrons. The van der Waals surface area contributed by atoms with Crippen LogP contribution in [0, 0.1) is 26.2 Å². The van der Waals surface area contributed by atoms with Gasteiger partial charge >= 0.3 is 0 Å². The van der Waals surface area contributed by atoms with E-state index in [0.717, 1.165) is 41.6 Å². The number of nitrogens with one attached hydrogen (secondary N) is 2. The SMILES string of the molecule is CCCCCNC(=O)C(C)(C)C(=O)Nc1c(C)cc(C)cc1C. The summed E-state index contributed by atoms with van der Waals surface area (Å²) in [5, 5.41) is 5.79. The molecule has 0 aliphatic heterocycles. The summed E-state index contributed by atoms with van der Waals surface area (Å²) in [5.74, 6) is -0.505. The molecule has 0 aliphatic carbocycles. The van der Waals surface area contributed by atoms with Crippen LogP contribution in [0.15, 0.2) is 12.1 Å². The van der Waals surface area contributed by atoms with E-state index in [4.69, 9.17) is 0 Å². The first-order valence-corrected chi connectivity index (χ1v) is 8.37.